The van der Waals surface area contributed by atoms with E-state index in [0.717, 1.165) is 80.9 Å². The third-order valence-electron chi connectivity index (χ3n) is 11.5. The van der Waals surface area contributed by atoms with Crippen molar-refractivity contribution in [2.75, 3.05) is 27.3 Å². The number of amides is 4. The van der Waals surface area contributed by atoms with Crippen LogP contribution in [0.5, 0.6) is 0 Å². The first-order chi connectivity index (χ1) is 27.9. The van der Waals surface area contributed by atoms with Crippen molar-refractivity contribution >= 4 is 67.7 Å². The number of rotatable bonds is 9. The molecule has 6 heterocycles. The number of imidazole rings is 2. The summed E-state index contributed by atoms with van der Waals surface area (Å²) in [5, 5.41) is 9.16. The molecule has 16 heteroatoms. The molecule has 0 spiro atoms. The number of carbonyl (C=O) groups excluding carboxylic acids is 4. The molecule has 0 unspecified atom stereocenters. The molecule has 4 N–H and O–H groups in total. The second kappa shape index (κ2) is 15.6. The van der Waals surface area contributed by atoms with Crippen LogP contribution in [0.3, 0.4) is 0 Å². The lowest BCUT2D eigenvalue weighted by atomic mass is 10.0. The molecule has 0 bridgehead atoms. The van der Waals surface area contributed by atoms with Gasteiger partial charge in [-0.2, -0.15) is 0 Å². The van der Waals surface area contributed by atoms with Crippen molar-refractivity contribution in [2.45, 2.75) is 77.5 Å². The number of fused-ring (bicyclic) bond motifs is 6. The zero-order valence-corrected chi connectivity index (χ0v) is 33.5. The zero-order chi connectivity index (χ0) is 40.8. The van der Waals surface area contributed by atoms with Gasteiger partial charge in [-0.3, -0.25) is 14.6 Å². The molecule has 2 aromatic carbocycles. The van der Waals surface area contributed by atoms with E-state index in [9.17, 15) is 19.2 Å². The zero-order valence-electron chi connectivity index (χ0n) is 33.5. The number of hydrogen-bond donors (Lipinski definition) is 4. The maximum Gasteiger partial charge on any atom is 0.407 e. The highest BCUT2D eigenvalue weighted by molar-refractivity contribution is 6.06. The predicted molar refractivity (Wildman–Crippen MR) is 217 cm³/mol. The molecule has 4 aromatic heterocycles. The Hall–Kier alpha value is -6.32. The molecule has 2 fully saturated rings. The fraction of sp³-hybridized carbons (Fsp3) is 0.429. The predicted octanol–water partition coefficient (Wildman–Crippen LogP) is 6.29. The van der Waals surface area contributed by atoms with Crippen LogP contribution >= 0.6 is 0 Å². The van der Waals surface area contributed by atoms with Gasteiger partial charge in [-0.05, 0) is 61.1 Å². The minimum atomic E-state index is -0.723. The van der Waals surface area contributed by atoms with Gasteiger partial charge < -0.3 is 39.9 Å². The Morgan fingerprint density at radius 2 is 1.31 bits per heavy atom. The lowest BCUT2D eigenvalue weighted by Crippen LogP contribution is -2.51. The van der Waals surface area contributed by atoms with Gasteiger partial charge in [0.2, 0.25) is 11.8 Å². The summed E-state index contributed by atoms with van der Waals surface area (Å²) in [6.07, 6.45) is 5.49. The third-order valence-corrected chi connectivity index (χ3v) is 11.5. The minimum absolute atomic E-state index is 0.121. The van der Waals surface area contributed by atoms with Gasteiger partial charge in [-0.1, -0.05) is 45.9 Å². The molecule has 2 aliphatic rings. The molecule has 302 valence electrons. The summed E-state index contributed by atoms with van der Waals surface area (Å²) in [5.41, 5.74) is 4.71. The molecular weight excluding hydrogens is 741 g/mol. The Morgan fingerprint density at radius 3 is 1.91 bits per heavy atom. The van der Waals surface area contributed by atoms with Crippen molar-refractivity contribution in [3.63, 3.8) is 0 Å². The van der Waals surface area contributed by atoms with E-state index in [1.807, 2.05) is 63.1 Å². The van der Waals surface area contributed by atoms with Crippen LogP contribution in [-0.2, 0) is 19.1 Å². The number of methoxy groups -OCH3 is 2. The third kappa shape index (κ3) is 7.00. The maximum atomic E-state index is 13.7. The summed E-state index contributed by atoms with van der Waals surface area (Å²) in [4.78, 5) is 81.4. The number of aromatic nitrogens is 6. The van der Waals surface area contributed by atoms with Gasteiger partial charge >= 0.3 is 12.2 Å². The Kier molecular flexibility index (Phi) is 10.3. The number of nitrogens with one attached hydrogen (secondary N) is 4. The number of H-pyrrole nitrogens is 2. The van der Waals surface area contributed by atoms with Crippen molar-refractivity contribution < 1.29 is 28.7 Å². The molecular formula is C42H48N10O6. The smallest absolute Gasteiger partial charge is 0.407 e. The Morgan fingerprint density at radius 1 is 0.707 bits per heavy atom. The van der Waals surface area contributed by atoms with Crippen LogP contribution in [-0.4, -0.2) is 103 Å². The highest BCUT2D eigenvalue weighted by Crippen LogP contribution is 2.37. The second-order valence-electron chi connectivity index (χ2n) is 15.8. The Balaban J connectivity index is 1.05. The topological polar surface area (TPSA) is 200 Å². The summed E-state index contributed by atoms with van der Waals surface area (Å²) < 4.78 is 9.56. The van der Waals surface area contributed by atoms with Crippen LogP contribution < -0.4 is 10.6 Å². The average Bonchev–Trinajstić information content (AvgIpc) is 4.06. The molecule has 16 nitrogen and oxygen atoms in total. The highest BCUT2D eigenvalue weighted by Gasteiger charge is 2.39. The van der Waals surface area contributed by atoms with Crippen molar-refractivity contribution in [1.82, 2.24) is 50.3 Å². The summed E-state index contributed by atoms with van der Waals surface area (Å²) in [7, 11) is 2.57. The van der Waals surface area contributed by atoms with E-state index in [1.54, 1.807) is 11.1 Å². The van der Waals surface area contributed by atoms with E-state index < -0.39 is 24.3 Å². The van der Waals surface area contributed by atoms with Gasteiger partial charge in [-0.15, -0.1) is 0 Å². The molecule has 8 rings (SSSR count). The second-order valence-corrected chi connectivity index (χ2v) is 15.8. The number of likely N-dealkylation sites (tertiary alicyclic amines) is 2. The maximum absolute atomic E-state index is 13.7. The highest BCUT2D eigenvalue weighted by atomic mass is 16.5. The van der Waals surface area contributed by atoms with Crippen molar-refractivity contribution in [1.29, 1.82) is 0 Å². The monoisotopic (exact) mass is 788 g/mol. The standard InChI is InChI=1S/C42H48N10O6/c1-21(2)32(48-41(55)57-5)39(53)51-15-7-9-30(51)36-45-28-14-12-23-17-24(11-13-26(23)34(28)46-36)29-18-25-19-44-38-35(27(25)20-43-29)47-37(50-38)31-10-8-16-52(31)40(54)33(22(3)4)49-42(56)58-6/h11-14,17-22,30-33H,7-10,15-16H2,1-6H3,(H,45,46)(H,48,55)(H,49,56)(H,44,47,50)/t30-,31-,32-,33-/m0/s1. The van der Waals surface area contributed by atoms with E-state index in [4.69, 9.17) is 24.4 Å². The number of nitrogens with zero attached hydrogens (tertiary/aromatic N) is 6. The molecule has 6 aromatic rings. The van der Waals surface area contributed by atoms with Gasteiger partial charge in [0.05, 0.1) is 48.5 Å². The first kappa shape index (κ1) is 38.5. The number of carbonyl (C=O) groups is 4. The fourth-order valence-corrected chi connectivity index (χ4v) is 8.43. The SMILES string of the molecule is COC(=O)N[C@H](C(=O)N1CCC[C@H]1c1nc2ccc3cc(-c4cc5cnc6nc([C@@H]7CCCN7C(=O)[C@@H](NC(=O)OC)C(C)C)[nH]c6c5cn4)ccc3c2[nH]1)C(C)C. The van der Waals surface area contributed by atoms with Crippen LogP contribution in [0, 0.1) is 11.8 Å². The molecule has 4 atom stereocenters. The molecule has 58 heavy (non-hydrogen) atoms. The van der Waals surface area contributed by atoms with Crippen LogP contribution in [0.25, 0.3) is 55.0 Å². The van der Waals surface area contributed by atoms with Crippen molar-refractivity contribution in [3.8, 4) is 11.3 Å². The molecule has 2 aliphatic heterocycles. The lowest BCUT2D eigenvalue weighted by Gasteiger charge is -2.29. The van der Waals surface area contributed by atoms with E-state index >= 15 is 0 Å². The normalized spacial score (nSPS) is 18.1. The largest absolute Gasteiger partial charge is 0.453 e. The number of pyridine rings is 2. The van der Waals surface area contributed by atoms with Gasteiger partial charge in [0.1, 0.15) is 23.7 Å². The number of alkyl carbamates (subject to hydrolysis) is 2. The first-order valence-electron chi connectivity index (χ1n) is 19.8. The molecule has 2 saturated heterocycles. The Bertz CT molecular complexity index is 2390. The van der Waals surface area contributed by atoms with Gasteiger partial charge in [-0.25, -0.2) is 24.5 Å². The summed E-state index contributed by atoms with van der Waals surface area (Å²) in [6.45, 7) is 8.72. The van der Waals surface area contributed by atoms with E-state index in [-0.39, 0.29) is 35.7 Å². The van der Waals surface area contributed by atoms with Gasteiger partial charge in [0, 0.05) is 47.2 Å². The van der Waals surface area contributed by atoms with E-state index in [0.29, 0.717) is 24.6 Å². The van der Waals surface area contributed by atoms with E-state index in [1.165, 1.54) is 14.2 Å². The van der Waals surface area contributed by atoms with Crippen molar-refractivity contribution in [3.05, 3.63) is 60.4 Å². The van der Waals surface area contributed by atoms with Crippen LogP contribution in [0.1, 0.15) is 77.1 Å². The summed E-state index contributed by atoms with van der Waals surface area (Å²) in [5.74, 6) is 0.793. The summed E-state index contributed by atoms with van der Waals surface area (Å²) in [6, 6.07) is 10.3. The molecule has 0 radical (unpaired) electrons. The molecule has 0 aliphatic carbocycles. The summed E-state index contributed by atoms with van der Waals surface area (Å²) >= 11 is 0. The fourth-order valence-electron chi connectivity index (χ4n) is 8.43. The minimum Gasteiger partial charge on any atom is -0.453 e. The number of benzene rings is 2. The van der Waals surface area contributed by atoms with E-state index in [2.05, 4.69) is 37.7 Å². The number of aromatic amines is 2. The van der Waals surface area contributed by atoms with Crippen LogP contribution in [0.15, 0.2) is 48.8 Å². The quantitative estimate of drug-likeness (QED) is 0.129. The molecule has 0 saturated carbocycles. The first-order valence-corrected chi connectivity index (χ1v) is 19.8. The van der Waals surface area contributed by atoms with Crippen LogP contribution in [0.2, 0.25) is 0 Å². The van der Waals surface area contributed by atoms with Crippen molar-refractivity contribution in [2.24, 2.45) is 11.8 Å². The number of ether oxygens (including phenoxy) is 2. The van der Waals surface area contributed by atoms with Gasteiger partial charge in [0.15, 0.2) is 5.65 Å². The van der Waals surface area contributed by atoms with Gasteiger partial charge in [0.25, 0.3) is 0 Å². The molecule has 4 amide bonds. The average molecular weight is 789 g/mol. The lowest BCUT2D eigenvalue weighted by molar-refractivity contribution is -0.136. The Labute approximate surface area is 334 Å². The van der Waals surface area contributed by atoms with Crippen LogP contribution in [0.4, 0.5) is 9.59 Å². The number of hydrogen-bond acceptors (Lipinski definition) is 10.